The number of ether oxygens (including phenoxy) is 2. The summed E-state index contributed by atoms with van der Waals surface area (Å²) in [6.45, 7) is 4.78. The molecular formula is C20H27F3N2O3. The smallest absolute Gasteiger partial charge is 0.416 e. The van der Waals surface area contributed by atoms with Crippen LogP contribution in [0.2, 0.25) is 0 Å². The summed E-state index contributed by atoms with van der Waals surface area (Å²) in [5.74, 6) is -0.472. The molecule has 0 saturated carbocycles. The van der Waals surface area contributed by atoms with Crippen molar-refractivity contribution in [2.24, 2.45) is 0 Å². The molecule has 156 valence electrons. The van der Waals surface area contributed by atoms with Gasteiger partial charge < -0.3 is 14.8 Å². The summed E-state index contributed by atoms with van der Waals surface area (Å²) in [6.07, 6.45) is -1.09. The molecule has 0 unspecified atom stereocenters. The third-order valence-corrected chi connectivity index (χ3v) is 5.59. The van der Waals surface area contributed by atoms with Crippen LogP contribution < -0.4 is 10.1 Å². The molecule has 3 rings (SSSR count). The van der Waals surface area contributed by atoms with Crippen molar-refractivity contribution >= 4 is 5.91 Å². The van der Waals surface area contributed by atoms with Crippen molar-refractivity contribution in [3.63, 3.8) is 0 Å². The fourth-order valence-electron chi connectivity index (χ4n) is 4.15. The number of rotatable bonds is 5. The molecule has 2 aliphatic rings. The van der Waals surface area contributed by atoms with E-state index in [4.69, 9.17) is 9.47 Å². The molecule has 5 nitrogen and oxygen atoms in total. The fourth-order valence-corrected chi connectivity index (χ4v) is 4.15. The van der Waals surface area contributed by atoms with E-state index in [2.05, 4.69) is 10.2 Å². The van der Waals surface area contributed by atoms with E-state index in [0.717, 1.165) is 44.5 Å². The molecule has 2 aliphatic heterocycles. The van der Waals surface area contributed by atoms with Crippen molar-refractivity contribution in [1.82, 2.24) is 10.2 Å². The van der Waals surface area contributed by atoms with Crippen molar-refractivity contribution in [3.05, 3.63) is 28.8 Å². The zero-order valence-corrected chi connectivity index (χ0v) is 16.3. The number of likely N-dealkylation sites (tertiary alicyclic amines) is 1. The molecule has 1 N–H and O–H groups in total. The van der Waals surface area contributed by atoms with E-state index in [-0.39, 0.29) is 23.4 Å². The summed E-state index contributed by atoms with van der Waals surface area (Å²) in [6, 6.07) is 1.91. The number of nitrogens with zero attached hydrogens (tertiary/aromatic N) is 1. The largest absolute Gasteiger partial charge is 0.496 e. The van der Waals surface area contributed by atoms with Crippen LogP contribution in [0.25, 0.3) is 0 Å². The molecule has 0 radical (unpaired) electrons. The van der Waals surface area contributed by atoms with E-state index in [1.165, 1.54) is 7.11 Å². The van der Waals surface area contributed by atoms with Crippen LogP contribution in [0, 0.1) is 0 Å². The normalized spacial score (nSPS) is 23.6. The Labute approximate surface area is 163 Å². The van der Waals surface area contributed by atoms with Gasteiger partial charge in [-0.05, 0) is 56.5 Å². The molecule has 0 aromatic heterocycles. The van der Waals surface area contributed by atoms with Crippen molar-refractivity contribution < 1.29 is 27.4 Å². The second-order valence-corrected chi connectivity index (χ2v) is 7.32. The Kier molecular flexibility index (Phi) is 6.50. The van der Waals surface area contributed by atoms with Crippen molar-refractivity contribution in [2.75, 3.05) is 33.4 Å². The molecule has 2 atom stereocenters. The number of alkyl halides is 3. The minimum absolute atomic E-state index is 0.0568. The Bertz CT molecular complexity index is 677. The van der Waals surface area contributed by atoms with Crippen LogP contribution in [-0.4, -0.2) is 56.3 Å². The predicted molar refractivity (Wildman–Crippen MR) is 98.7 cm³/mol. The van der Waals surface area contributed by atoms with Gasteiger partial charge in [0, 0.05) is 12.6 Å². The molecule has 1 amide bonds. The lowest BCUT2D eigenvalue weighted by Gasteiger charge is -2.38. The average molecular weight is 400 g/mol. The summed E-state index contributed by atoms with van der Waals surface area (Å²) in [5, 5.41) is 3.00. The number of halogens is 3. The monoisotopic (exact) mass is 400 g/mol. The molecule has 2 fully saturated rings. The van der Waals surface area contributed by atoms with Crippen LogP contribution in [0.3, 0.4) is 0 Å². The van der Waals surface area contributed by atoms with Gasteiger partial charge in [0.2, 0.25) is 0 Å². The van der Waals surface area contributed by atoms with Gasteiger partial charge in [0.05, 0.1) is 30.9 Å². The maximum Gasteiger partial charge on any atom is 0.416 e. The number of nitrogens with one attached hydrogen (secondary N) is 1. The van der Waals surface area contributed by atoms with Crippen LogP contribution >= 0.6 is 0 Å². The molecule has 8 heteroatoms. The third kappa shape index (κ3) is 4.43. The minimum atomic E-state index is -4.50. The minimum Gasteiger partial charge on any atom is -0.496 e. The van der Waals surface area contributed by atoms with E-state index >= 15 is 0 Å². The second-order valence-electron chi connectivity index (χ2n) is 7.32. The highest BCUT2D eigenvalue weighted by molar-refractivity contribution is 5.99. The first-order valence-electron chi connectivity index (χ1n) is 9.76. The molecule has 2 saturated heterocycles. The Morgan fingerprint density at radius 2 is 2.04 bits per heavy atom. The molecule has 0 aliphatic carbocycles. The first kappa shape index (κ1) is 20.9. The fraction of sp³-hybridized carbons (Fsp3) is 0.650. The molecule has 1 aromatic carbocycles. The highest BCUT2D eigenvalue weighted by Crippen LogP contribution is 2.35. The highest BCUT2D eigenvalue weighted by Gasteiger charge is 2.36. The second kappa shape index (κ2) is 8.69. The van der Waals surface area contributed by atoms with E-state index in [0.29, 0.717) is 25.2 Å². The number of hydrogen-bond donors (Lipinski definition) is 1. The number of carbonyl (C=O) groups excluding carboxylic acids is 1. The molecule has 0 bridgehead atoms. The lowest BCUT2D eigenvalue weighted by atomic mass is 9.97. The van der Waals surface area contributed by atoms with Gasteiger partial charge in [0.15, 0.2) is 0 Å². The van der Waals surface area contributed by atoms with Gasteiger partial charge in [-0.25, -0.2) is 0 Å². The number of aryl methyl sites for hydroxylation is 1. The first-order chi connectivity index (χ1) is 13.3. The maximum absolute atomic E-state index is 13.2. The molecule has 1 aromatic rings. The number of methoxy groups -OCH3 is 1. The van der Waals surface area contributed by atoms with Crippen LogP contribution in [-0.2, 0) is 17.3 Å². The van der Waals surface area contributed by atoms with Crippen LogP contribution in [0.15, 0.2) is 12.1 Å². The van der Waals surface area contributed by atoms with Gasteiger partial charge in [-0.2, -0.15) is 13.2 Å². The summed E-state index contributed by atoms with van der Waals surface area (Å²) < 4.78 is 50.2. The van der Waals surface area contributed by atoms with E-state index in [9.17, 15) is 18.0 Å². The summed E-state index contributed by atoms with van der Waals surface area (Å²) >= 11 is 0. The van der Waals surface area contributed by atoms with Crippen LogP contribution in [0.4, 0.5) is 13.2 Å². The lowest BCUT2D eigenvalue weighted by molar-refractivity contribution is -0.137. The Morgan fingerprint density at radius 3 is 2.64 bits per heavy atom. The van der Waals surface area contributed by atoms with Gasteiger partial charge in [0.25, 0.3) is 5.91 Å². The van der Waals surface area contributed by atoms with E-state index in [1.54, 1.807) is 6.92 Å². The van der Waals surface area contributed by atoms with E-state index in [1.807, 2.05) is 0 Å². The number of carbonyl (C=O) groups is 1. The van der Waals surface area contributed by atoms with Gasteiger partial charge >= 0.3 is 6.18 Å². The molecule has 28 heavy (non-hydrogen) atoms. The Hall–Kier alpha value is -1.80. The summed E-state index contributed by atoms with van der Waals surface area (Å²) in [4.78, 5) is 15.4. The highest BCUT2D eigenvalue weighted by atomic mass is 19.4. The average Bonchev–Trinajstić information content (AvgIpc) is 3.21. The van der Waals surface area contributed by atoms with Gasteiger partial charge in [-0.3, -0.25) is 9.69 Å². The summed E-state index contributed by atoms with van der Waals surface area (Å²) in [7, 11) is 1.28. The zero-order valence-electron chi connectivity index (χ0n) is 16.3. The van der Waals surface area contributed by atoms with Gasteiger partial charge in [-0.1, -0.05) is 6.92 Å². The number of amides is 1. The third-order valence-electron chi connectivity index (χ3n) is 5.59. The lowest BCUT2D eigenvalue weighted by Crippen LogP contribution is -2.56. The standard InChI is InChI=1S/C20H27F3N2O3/c1-3-13-10-14(20(21,22)23)11-17(27-2)18(13)19(26)24-15-12-28-9-6-16(15)25-7-4-5-8-25/h10-11,15-16H,3-9,12H2,1-2H3,(H,24,26)/t15-,16-/m1/s1. The van der Waals surface area contributed by atoms with E-state index < -0.39 is 17.6 Å². The van der Waals surface area contributed by atoms with Crippen molar-refractivity contribution in [3.8, 4) is 5.75 Å². The Morgan fingerprint density at radius 1 is 1.32 bits per heavy atom. The SMILES string of the molecule is CCc1cc(C(F)(F)F)cc(OC)c1C(=O)N[C@@H]1COCC[C@H]1N1CCCC1. The maximum atomic E-state index is 13.2. The topological polar surface area (TPSA) is 50.8 Å². The first-order valence-corrected chi connectivity index (χ1v) is 9.76. The van der Waals surface area contributed by atoms with Gasteiger partial charge in [-0.15, -0.1) is 0 Å². The number of benzene rings is 1. The molecular weight excluding hydrogens is 373 g/mol. The molecule has 2 heterocycles. The Balaban J connectivity index is 1.86. The predicted octanol–water partition coefficient (Wildman–Crippen LogP) is 3.26. The van der Waals surface area contributed by atoms with Crippen LogP contribution in [0.5, 0.6) is 5.75 Å². The number of hydrogen-bond acceptors (Lipinski definition) is 4. The molecule has 0 spiro atoms. The van der Waals surface area contributed by atoms with Gasteiger partial charge in [0.1, 0.15) is 5.75 Å². The van der Waals surface area contributed by atoms with Crippen molar-refractivity contribution in [1.29, 1.82) is 0 Å². The zero-order chi connectivity index (χ0) is 20.3. The van der Waals surface area contributed by atoms with Crippen LogP contribution in [0.1, 0.15) is 47.7 Å². The van der Waals surface area contributed by atoms with Crippen molar-refractivity contribution in [2.45, 2.75) is 50.9 Å². The quantitative estimate of drug-likeness (QED) is 0.824. The summed E-state index contributed by atoms with van der Waals surface area (Å²) in [5.41, 5.74) is -0.323.